The van der Waals surface area contributed by atoms with Gasteiger partial charge in [0.1, 0.15) is 17.1 Å². The van der Waals surface area contributed by atoms with E-state index in [9.17, 15) is 9.59 Å². The van der Waals surface area contributed by atoms with Gasteiger partial charge in [-0.2, -0.15) is 0 Å². The molecule has 3 aromatic rings. The van der Waals surface area contributed by atoms with Crippen molar-refractivity contribution in [1.29, 1.82) is 0 Å². The van der Waals surface area contributed by atoms with Crippen LogP contribution in [0.3, 0.4) is 0 Å². The number of fused-ring (bicyclic) bond motifs is 1. The van der Waals surface area contributed by atoms with E-state index in [2.05, 4.69) is 5.32 Å². The van der Waals surface area contributed by atoms with E-state index in [1.807, 2.05) is 42.5 Å². The fourth-order valence-corrected chi connectivity index (χ4v) is 2.88. The Hall–Kier alpha value is -3.08. The Morgan fingerprint density at radius 3 is 2.35 bits per heavy atom. The molecule has 0 spiro atoms. The van der Waals surface area contributed by atoms with Crippen LogP contribution in [0.5, 0.6) is 0 Å². The zero-order chi connectivity index (χ0) is 18.8. The molecule has 0 unspecified atom stereocenters. The molecule has 0 bridgehead atoms. The summed E-state index contributed by atoms with van der Waals surface area (Å²) < 4.78 is 10.8. The van der Waals surface area contributed by atoms with Gasteiger partial charge in [0.25, 0.3) is 5.91 Å². The zero-order valence-electron chi connectivity index (χ0n) is 15.3. The van der Waals surface area contributed by atoms with Crippen LogP contribution in [0.15, 0.2) is 46.9 Å². The lowest BCUT2D eigenvalue weighted by Gasteiger charge is -2.14. The largest absolute Gasteiger partial charge is 0.465 e. The van der Waals surface area contributed by atoms with Gasteiger partial charge >= 0.3 is 5.97 Å². The SMILES string of the molecule is Cc1oc(C)c(C(=O)O[C@@H](C)C(=O)Nc2ccc3ccccc3c2)c1C. The predicted octanol–water partition coefficient (Wildman–Crippen LogP) is 4.54. The number of nitrogens with one attached hydrogen (secondary N) is 1. The summed E-state index contributed by atoms with van der Waals surface area (Å²) in [6.45, 7) is 6.83. The molecule has 0 radical (unpaired) electrons. The van der Waals surface area contributed by atoms with Crippen LogP contribution in [-0.4, -0.2) is 18.0 Å². The highest BCUT2D eigenvalue weighted by Crippen LogP contribution is 2.22. The van der Waals surface area contributed by atoms with Gasteiger partial charge in [-0.25, -0.2) is 4.79 Å². The van der Waals surface area contributed by atoms with Gasteiger partial charge in [0.2, 0.25) is 0 Å². The number of anilines is 1. The minimum atomic E-state index is -0.928. The van der Waals surface area contributed by atoms with Crippen molar-refractivity contribution < 1.29 is 18.7 Å². The van der Waals surface area contributed by atoms with Crippen LogP contribution >= 0.6 is 0 Å². The molecule has 0 fully saturated rings. The second kappa shape index (κ2) is 7.04. The first-order chi connectivity index (χ1) is 12.4. The van der Waals surface area contributed by atoms with Crippen LogP contribution in [0.25, 0.3) is 10.8 Å². The van der Waals surface area contributed by atoms with Crippen LogP contribution in [0.4, 0.5) is 5.69 Å². The third kappa shape index (κ3) is 3.47. The standard InChI is InChI=1S/C21H21NO4/c1-12-13(2)25-14(3)19(12)21(24)26-15(4)20(23)22-18-10-9-16-7-5-6-8-17(16)11-18/h5-11,15H,1-4H3,(H,22,23)/t15-/m0/s1. The second-order valence-corrected chi connectivity index (χ2v) is 6.31. The minimum Gasteiger partial charge on any atom is -0.465 e. The number of esters is 1. The highest BCUT2D eigenvalue weighted by atomic mass is 16.5. The summed E-state index contributed by atoms with van der Waals surface area (Å²) in [6, 6.07) is 13.5. The van der Waals surface area contributed by atoms with E-state index in [0.717, 1.165) is 16.3 Å². The van der Waals surface area contributed by atoms with Crippen molar-refractivity contribution in [3.63, 3.8) is 0 Å². The molecule has 0 aliphatic carbocycles. The third-order valence-electron chi connectivity index (χ3n) is 4.44. The van der Waals surface area contributed by atoms with Crippen molar-refractivity contribution in [3.8, 4) is 0 Å². The van der Waals surface area contributed by atoms with E-state index in [4.69, 9.17) is 9.15 Å². The lowest BCUT2D eigenvalue weighted by Crippen LogP contribution is -2.30. The Balaban J connectivity index is 1.69. The Labute approximate surface area is 152 Å². The van der Waals surface area contributed by atoms with Crippen molar-refractivity contribution in [2.24, 2.45) is 0 Å². The van der Waals surface area contributed by atoms with Crippen LogP contribution in [0.2, 0.25) is 0 Å². The molecule has 0 aliphatic heterocycles. The average Bonchev–Trinajstić information content (AvgIpc) is 2.86. The van der Waals surface area contributed by atoms with Gasteiger partial charge in [-0.1, -0.05) is 30.3 Å². The Morgan fingerprint density at radius 1 is 1.00 bits per heavy atom. The molecule has 0 aliphatic rings. The van der Waals surface area contributed by atoms with Gasteiger partial charge in [0.15, 0.2) is 6.10 Å². The van der Waals surface area contributed by atoms with Gasteiger partial charge in [0.05, 0.1) is 0 Å². The second-order valence-electron chi connectivity index (χ2n) is 6.31. The molecule has 26 heavy (non-hydrogen) atoms. The van der Waals surface area contributed by atoms with Gasteiger partial charge in [0, 0.05) is 11.3 Å². The maximum absolute atomic E-state index is 12.4. The van der Waals surface area contributed by atoms with E-state index in [0.29, 0.717) is 22.8 Å². The molecule has 1 N–H and O–H groups in total. The van der Waals surface area contributed by atoms with Crippen molar-refractivity contribution in [2.75, 3.05) is 5.32 Å². The molecular weight excluding hydrogens is 330 g/mol. The predicted molar refractivity (Wildman–Crippen MR) is 100 cm³/mol. The van der Waals surface area contributed by atoms with Gasteiger partial charge < -0.3 is 14.5 Å². The van der Waals surface area contributed by atoms with E-state index in [1.54, 1.807) is 27.7 Å². The lowest BCUT2D eigenvalue weighted by atomic mass is 10.1. The van der Waals surface area contributed by atoms with Crippen molar-refractivity contribution in [1.82, 2.24) is 0 Å². The monoisotopic (exact) mass is 351 g/mol. The molecule has 1 amide bonds. The third-order valence-corrected chi connectivity index (χ3v) is 4.44. The number of hydrogen-bond acceptors (Lipinski definition) is 4. The lowest BCUT2D eigenvalue weighted by molar-refractivity contribution is -0.123. The number of benzene rings is 2. The molecule has 5 heteroatoms. The maximum Gasteiger partial charge on any atom is 0.342 e. The molecular formula is C21H21NO4. The Kier molecular flexibility index (Phi) is 4.80. The van der Waals surface area contributed by atoms with Gasteiger partial charge in [-0.05, 0) is 50.6 Å². The quantitative estimate of drug-likeness (QED) is 0.701. The number of hydrogen-bond donors (Lipinski definition) is 1. The van der Waals surface area contributed by atoms with Crippen molar-refractivity contribution in [3.05, 3.63) is 65.1 Å². The summed E-state index contributed by atoms with van der Waals surface area (Å²) >= 11 is 0. The molecule has 5 nitrogen and oxygen atoms in total. The maximum atomic E-state index is 12.4. The average molecular weight is 351 g/mol. The van der Waals surface area contributed by atoms with E-state index < -0.39 is 12.1 Å². The first-order valence-corrected chi connectivity index (χ1v) is 8.44. The van der Waals surface area contributed by atoms with E-state index in [1.165, 1.54) is 0 Å². The topological polar surface area (TPSA) is 68.5 Å². The molecule has 3 rings (SSSR count). The van der Waals surface area contributed by atoms with Crippen LogP contribution < -0.4 is 5.32 Å². The summed E-state index contributed by atoms with van der Waals surface area (Å²) in [4.78, 5) is 24.8. The Morgan fingerprint density at radius 2 is 1.69 bits per heavy atom. The molecule has 1 heterocycles. The van der Waals surface area contributed by atoms with Crippen LogP contribution in [-0.2, 0) is 9.53 Å². The van der Waals surface area contributed by atoms with Crippen LogP contribution in [0.1, 0.15) is 34.4 Å². The zero-order valence-corrected chi connectivity index (χ0v) is 15.3. The molecule has 2 aromatic carbocycles. The molecule has 1 aromatic heterocycles. The number of rotatable bonds is 4. The first-order valence-electron chi connectivity index (χ1n) is 8.44. The number of aryl methyl sites for hydroxylation is 2. The summed E-state index contributed by atoms with van der Waals surface area (Å²) in [6.07, 6.45) is -0.928. The Bertz CT molecular complexity index is 987. The highest BCUT2D eigenvalue weighted by molar-refractivity contribution is 5.99. The van der Waals surface area contributed by atoms with Gasteiger partial charge in [-0.15, -0.1) is 0 Å². The number of amides is 1. The summed E-state index contributed by atoms with van der Waals surface area (Å²) in [5.41, 5.74) is 1.77. The summed E-state index contributed by atoms with van der Waals surface area (Å²) in [5, 5.41) is 4.90. The van der Waals surface area contributed by atoms with Crippen LogP contribution in [0, 0.1) is 20.8 Å². The van der Waals surface area contributed by atoms with E-state index >= 15 is 0 Å². The first kappa shape index (κ1) is 17.7. The fraction of sp³-hybridized carbons (Fsp3) is 0.238. The molecule has 0 saturated heterocycles. The highest BCUT2D eigenvalue weighted by Gasteiger charge is 2.24. The smallest absolute Gasteiger partial charge is 0.342 e. The number of carbonyl (C=O) groups excluding carboxylic acids is 2. The van der Waals surface area contributed by atoms with E-state index in [-0.39, 0.29) is 5.91 Å². The normalized spacial score (nSPS) is 12.0. The molecule has 0 saturated carbocycles. The van der Waals surface area contributed by atoms with Gasteiger partial charge in [-0.3, -0.25) is 4.79 Å². The van der Waals surface area contributed by atoms with Crippen molar-refractivity contribution in [2.45, 2.75) is 33.8 Å². The number of carbonyl (C=O) groups is 2. The number of ether oxygens (including phenoxy) is 1. The molecule has 1 atom stereocenters. The summed E-state index contributed by atoms with van der Waals surface area (Å²) in [5.74, 6) is 0.219. The molecule has 134 valence electrons. The number of furan rings is 1. The minimum absolute atomic E-state index is 0.382. The summed E-state index contributed by atoms with van der Waals surface area (Å²) in [7, 11) is 0. The fourth-order valence-electron chi connectivity index (χ4n) is 2.88. The van der Waals surface area contributed by atoms with Crippen molar-refractivity contribution >= 4 is 28.3 Å².